The quantitative estimate of drug-likeness (QED) is 0.475. The van der Waals surface area contributed by atoms with Gasteiger partial charge in [0.05, 0.1) is 0 Å². The van der Waals surface area contributed by atoms with E-state index in [1.54, 1.807) is 0 Å². The van der Waals surface area contributed by atoms with Crippen LogP contribution in [0.1, 0.15) is 70.6 Å². The summed E-state index contributed by atoms with van der Waals surface area (Å²) >= 11 is 5.36. The Balaban J connectivity index is 1.21. The number of carbonyl (C=O) groups excluding carboxylic acids is 1. The molecule has 0 aromatic rings. The molecule has 0 bridgehead atoms. The van der Waals surface area contributed by atoms with Gasteiger partial charge in [0.2, 0.25) is 0 Å². The third kappa shape index (κ3) is 6.81. The molecule has 2 unspecified atom stereocenters. The summed E-state index contributed by atoms with van der Waals surface area (Å²) in [5.41, 5.74) is 0. The fourth-order valence-electron chi connectivity index (χ4n) is 5.07. The van der Waals surface area contributed by atoms with Crippen LogP contribution in [-0.4, -0.2) is 48.8 Å². The number of likely N-dealkylation sites (tertiary alicyclic amines) is 1. The highest BCUT2D eigenvalue weighted by Crippen LogP contribution is 2.35. The van der Waals surface area contributed by atoms with Crippen LogP contribution in [0.5, 0.6) is 0 Å². The summed E-state index contributed by atoms with van der Waals surface area (Å²) in [6.07, 6.45) is 14.3. The number of hydrogen-bond donors (Lipinski definition) is 3. The Morgan fingerprint density at radius 2 is 1.56 bits per heavy atom. The maximum absolute atomic E-state index is 12.4. The van der Waals surface area contributed by atoms with Gasteiger partial charge in [-0.3, -0.25) is 0 Å². The minimum Gasteiger partial charge on any atom is -0.363 e. The van der Waals surface area contributed by atoms with E-state index in [-0.39, 0.29) is 6.03 Å². The molecule has 1 aliphatic heterocycles. The number of piperidine rings is 1. The van der Waals surface area contributed by atoms with Crippen molar-refractivity contribution in [1.82, 2.24) is 20.9 Å². The fourth-order valence-corrected chi connectivity index (χ4v) is 5.26. The molecule has 5 nitrogen and oxygen atoms in total. The third-order valence-electron chi connectivity index (χ3n) is 6.77. The Morgan fingerprint density at radius 1 is 0.852 bits per heavy atom. The molecular weight excluding hydrogens is 356 g/mol. The first-order chi connectivity index (χ1) is 13.2. The molecule has 0 radical (unpaired) electrons. The van der Waals surface area contributed by atoms with E-state index in [1.807, 2.05) is 4.90 Å². The molecule has 0 aromatic carbocycles. The predicted molar refractivity (Wildman–Crippen MR) is 115 cm³/mol. The number of fused-ring (bicyclic) bond motifs is 1. The number of nitrogens with zero attached hydrogens (tertiary/aromatic N) is 1. The molecule has 27 heavy (non-hydrogen) atoms. The second-order valence-electron chi connectivity index (χ2n) is 8.77. The van der Waals surface area contributed by atoms with Gasteiger partial charge in [0, 0.05) is 32.7 Å². The molecule has 3 aliphatic rings. The highest BCUT2D eigenvalue weighted by Gasteiger charge is 2.32. The molecule has 1 heterocycles. The largest absolute Gasteiger partial charge is 0.363 e. The normalized spacial score (nSPS) is 26.1. The van der Waals surface area contributed by atoms with Gasteiger partial charge in [-0.1, -0.05) is 38.5 Å². The Morgan fingerprint density at radius 3 is 2.37 bits per heavy atom. The molecule has 2 amide bonds. The Bertz CT molecular complexity index is 481. The highest BCUT2D eigenvalue weighted by atomic mass is 32.1. The van der Waals surface area contributed by atoms with Crippen molar-refractivity contribution in [3.05, 3.63) is 0 Å². The zero-order valence-electron chi connectivity index (χ0n) is 16.8. The number of rotatable bonds is 6. The lowest BCUT2D eigenvalue weighted by Crippen LogP contribution is -2.49. The van der Waals surface area contributed by atoms with Gasteiger partial charge >= 0.3 is 6.03 Å². The first-order valence-electron chi connectivity index (χ1n) is 11.3. The van der Waals surface area contributed by atoms with Crippen molar-refractivity contribution in [3.8, 4) is 0 Å². The molecule has 154 valence electrons. The van der Waals surface area contributed by atoms with Crippen molar-refractivity contribution in [1.29, 1.82) is 0 Å². The molecular formula is C21H38N4OS. The Labute approximate surface area is 170 Å². The van der Waals surface area contributed by atoms with Crippen LogP contribution < -0.4 is 16.0 Å². The van der Waals surface area contributed by atoms with Gasteiger partial charge in [-0.2, -0.15) is 0 Å². The van der Waals surface area contributed by atoms with Crippen molar-refractivity contribution in [2.75, 3.05) is 32.7 Å². The van der Waals surface area contributed by atoms with Gasteiger partial charge in [0.1, 0.15) is 0 Å². The van der Waals surface area contributed by atoms with Crippen molar-refractivity contribution in [3.63, 3.8) is 0 Å². The molecule has 2 saturated carbocycles. The third-order valence-corrected chi connectivity index (χ3v) is 7.06. The van der Waals surface area contributed by atoms with Gasteiger partial charge in [-0.05, 0) is 62.1 Å². The summed E-state index contributed by atoms with van der Waals surface area (Å²) in [5, 5.41) is 10.5. The molecule has 3 fully saturated rings. The second-order valence-corrected chi connectivity index (χ2v) is 9.17. The molecule has 3 rings (SSSR count). The number of thiocarbonyl (C=S) groups is 1. The number of nitrogens with one attached hydrogen (secondary N) is 3. The fraction of sp³-hybridized carbons (Fsp3) is 0.905. The summed E-state index contributed by atoms with van der Waals surface area (Å²) in [6, 6.07) is 0.122. The molecule has 6 heteroatoms. The second kappa shape index (κ2) is 11.1. The van der Waals surface area contributed by atoms with Crippen LogP contribution in [0.25, 0.3) is 0 Å². The topological polar surface area (TPSA) is 56.4 Å². The predicted octanol–water partition coefficient (Wildman–Crippen LogP) is 3.64. The Hall–Kier alpha value is -1.04. The van der Waals surface area contributed by atoms with E-state index in [0.29, 0.717) is 6.54 Å². The zero-order valence-corrected chi connectivity index (χ0v) is 17.6. The maximum atomic E-state index is 12.4. The summed E-state index contributed by atoms with van der Waals surface area (Å²) in [7, 11) is 0. The zero-order chi connectivity index (χ0) is 18.9. The lowest BCUT2D eigenvalue weighted by Gasteiger charge is -2.41. The molecule has 0 spiro atoms. The van der Waals surface area contributed by atoms with E-state index in [2.05, 4.69) is 16.0 Å². The molecule has 2 aliphatic carbocycles. The van der Waals surface area contributed by atoms with Gasteiger partial charge in [-0.15, -0.1) is 0 Å². The minimum absolute atomic E-state index is 0.122. The highest BCUT2D eigenvalue weighted by molar-refractivity contribution is 7.80. The average molecular weight is 395 g/mol. The van der Waals surface area contributed by atoms with E-state index in [9.17, 15) is 4.79 Å². The number of urea groups is 1. The minimum atomic E-state index is 0.122. The van der Waals surface area contributed by atoms with E-state index in [1.165, 1.54) is 64.2 Å². The van der Waals surface area contributed by atoms with Crippen LogP contribution in [0.2, 0.25) is 0 Å². The van der Waals surface area contributed by atoms with Crippen LogP contribution in [0.4, 0.5) is 4.79 Å². The van der Waals surface area contributed by atoms with Gasteiger partial charge in [-0.25, -0.2) is 4.79 Å². The lowest BCUT2D eigenvalue weighted by atomic mass is 9.75. The van der Waals surface area contributed by atoms with Crippen molar-refractivity contribution < 1.29 is 4.79 Å². The monoisotopic (exact) mass is 394 g/mol. The van der Waals surface area contributed by atoms with Crippen LogP contribution in [-0.2, 0) is 0 Å². The van der Waals surface area contributed by atoms with Crippen molar-refractivity contribution >= 4 is 23.4 Å². The number of carbonyl (C=O) groups is 1. The summed E-state index contributed by atoms with van der Waals surface area (Å²) in [6.45, 7) is 4.41. The van der Waals surface area contributed by atoms with E-state index in [0.717, 1.165) is 55.5 Å². The Kier molecular flexibility index (Phi) is 8.49. The van der Waals surface area contributed by atoms with Gasteiger partial charge in [0.15, 0.2) is 5.11 Å². The molecule has 0 aromatic heterocycles. The SMILES string of the molecule is O=C(NCCCNC(=S)NCC1CCCCC1)N1CCC2CCCCC2C1. The summed E-state index contributed by atoms with van der Waals surface area (Å²) < 4.78 is 0. The van der Waals surface area contributed by atoms with E-state index < -0.39 is 0 Å². The van der Waals surface area contributed by atoms with Crippen LogP contribution in [0.15, 0.2) is 0 Å². The average Bonchev–Trinajstić information content (AvgIpc) is 2.72. The smallest absolute Gasteiger partial charge is 0.317 e. The summed E-state index contributed by atoms with van der Waals surface area (Å²) in [5.74, 6) is 2.40. The summed E-state index contributed by atoms with van der Waals surface area (Å²) in [4.78, 5) is 14.4. The van der Waals surface area contributed by atoms with Crippen molar-refractivity contribution in [2.45, 2.75) is 70.6 Å². The van der Waals surface area contributed by atoms with Gasteiger partial charge in [0.25, 0.3) is 0 Å². The van der Waals surface area contributed by atoms with Crippen LogP contribution in [0.3, 0.4) is 0 Å². The van der Waals surface area contributed by atoms with Crippen LogP contribution >= 0.6 is 12.2 Å². The molecule has 2 atom stereocenters. The van der Waals surface area contributed by atoms with Gasteiger partial charge < -0.3 is 20.9 Å². The first kappa shape index (κ1) is 20.7. The molecule has 1 saturated heterocycles. The van der Waals surface area contributed by atoms with E-state index in [4.69, 9.17) is 12.2 Å². The molecule has 3 N–H and O–H groups in total. The van der Waals surface area contributed by atoms with E-state index >= 15 is 0 Å². The lowest BCUT2D eigenvalue weighted by molar-refractivity contribution is 0.102. The number of amides is 2. The first-order valence-corrected chi connectivity index (χ1v) is 11.7. The maximum Gasteiger partial charge on any atom is 0.317 e. The standard InChI is InChI=1S/C21H38N4OS/c26-21(25-14-11-18-9-4-5-10-19(18)16-25)23-13-6-12-22-20(27)24-15-17-7-2-1-3-8-17/h17-19H,1-16H2,(H,23,26)(H2,22,24,27). The van der Waals surface area contributed by atoms with Crippen molar-refractivity contribution in [2.24, 2.45) is 17.8 Å². The number of hydrogen-bond acceptors (Lipinski definition) is 2. The van der Waals surface area contributed by atoms with Crippen LogP contribution in [0, 0.1) is 17.8 Å².